The fourth-order valence-electron chi connectivity index (χ4n) is 2.90. The van der Waals surface area contributed by atoms with Crippen LogP contribution in [-0.2, 0) is 0 Å². The molecule has 1 heterocycles. The summed E-state index contributed by atoms with van der Waals surface area (Å²) < 4.78 is 13.5. The maximum Gasteiger partial charge on any atom is 0.130 e. The van der Waals surface area contributed by atoms with Gasteiger partial charge in [-0.1, -0.05) is 30.4 Å². The van der Waals surface area contributed by atoms with Crippen molar-refractivity contribution < 1.29 is 4.39 Å². The number of rotatable bonds is 5. The molecule has 3 rings (SSSR count). The van der Waals surface area contributed by atoms with Crippen molar-refractivity contribution in [1.82, 2.24) is 10.6 Å². The average molecular weight is 274 g/mol. The monoisotopic (exact) mass is 274 g/mol. The lowest BCUT2D eigenvalue weighted by Crippen LogP contribution is -2.34. The standard InChI is InChI=1S/C17H23FN2/c18-16-4-2-1-3-14(16)5-6-15-11-17(15)20-12-13-7-9-19-10-8-13/h1-6,13,15,17,19-20H,7-12H2. The minimum absolute atomic E-state index is 0.136. The van der Waals surface area contributed by atoms with Crippen molar-refractivity contribution in [2.24, 2.45) is 11.8 Å². The zero-order valence-corrected chi connectivity index (χ0v) is 11.8. The van der Waals surface area contributed by atoms with Crippen LogP contribution in [0.5, 0.6) is 0 Å². The fourth-order valence-corrected chi connectivity index (χ4v) is 2.90. The average Bonchev–Trinajstić information content (AvgIpc) is 3.24. The first-order valence-corrected chi connectivity index (χ1v) is 7.70. The fraction of sp³-hybridized carbons (Fsp3) is 0.529. The number of halogens is 1. The second-order valence-electron chi connectivity index (χ2n) is 5.99. The largest absolute Gasteiger partial charge is 0.317 e. The van der Waals surface area contributed by atoms with Gasteiger partial charge in [-0.2, -0.15) is 0 Å². The van der Waals surface area contributed by atoms with E-state index in [1.165, 1.54) is 25.3 Å². The zero-order valence-electron chi connectivity index (χ0n) is 11.8. The zero-order chi connectivity index (χ0) is 13.8. The summed E-state index contributed by atoms with van der Waals surface area (Å²) in [6.45, 7) is 3.46. The van der Waals surface area contributed by atoms with Gasteiger partial charge < -0.3 is 10.6 Å². The Hall–Kier alpha value is -1.19. The van der Waals surface area contributed by atoms with Gasteiger partial charge in [0.05, 0.1) is 0 Å². The lowest BCUT2D eigenvalue weighted by atomic mass is 9.98. The smallest absolute Gasteiger partial charge is 0.130 e. The number of nitrogens with one attached hydrogen (secondary N) is 2. The number of piperidine rings is 1. The van der Waals surface area contributed by atoms with Gasteiger partial charge in [0.2, 0.25) is 0 Å². The number of hydrogen-bond acceptors (Lipinski definition) is 2. The number of benzene rings is 1. The van der Waals surface area contributed by atoms with Crippen molar-refractivity contribution in [3.8, 4) is 0 Å². The van der Waals surface area contributed by atoms with Crippen LogP contribution in [0.15, 0.2) is 30.3 Å². The summed E-state index contributed by atoms with van der Waals surface area (Å²) in [7, 11) is 0. The van der Waals surface area contributed by atoms with Crippen molar-refractivity contribution >= 4 is 6.08 Å². The van der Waals surface area contributed by atoms with Crippen LogP contribution in [-0.4, -0.2) is 25.7 Å². The van der Waals surface area contributed by atoms with Crippen LogP contribution in [0.2, 0.25) is 0 Å². The van der Waals surface area contributed by atoms with Crippen LogP contribution >= 0.6 is 0 Å². The van der Waals surface area contributed by atoms with E-state index in [-0.39, 0.29) is 5.82 Å². The van der Waals surface area contributed by atoms with Gasteiger partial charge in [0, 0.05) is 11.6 Å². The molecule has 108 valence electrons. The summed E-state index contributed by atoms with van der Waals surface area (Å²) >= 11 is 0. The molecule has 0 bridgehead atoms. The van der Waals surface area contributed by atoms with E-state index in [0.717, 1.165) is 25.6 Å². The summed E-state index contributed by atoms with van der Waals surface area (Å²) in [5.74, 6) is 1.27. The van der Waals surface area contributed by atoms with E-state index >= 15 is 0 Å². The maximum absolute atomic E-state index is 13.5. The number of hydrogen-bond donors (Lipinski definition) is 2. The second-order valence-corrected chi connectivity index (χ2v) is 5.99. The molecule has 2 nitrogen and oxygen atoms in total. The molecule has 2 aliphatic rings. The van der Waals surface area contributed by atoms with Gasteiger partial charge in [0.25, 0.3) is 0 Å². The summed E-state index contributed by atoms with van der Waals surface area (Å²) in [6.07, 6.45) is 7.84. The summed E-state index contributed by atoms with van der Waals surface area (Å²) in [4.78, 5) is 0. The molecular formula is C17H23FN2. The van der Waals surface area contributed by atoms with E-state index in [1.807, 2.05) is 18.2 Å². The minimum Gasteiger partial charge on any atom is -0.317 e. The lowest BCUT2D eigenvalue weighted by Gasteiger charge is -2.22. The Morgan fingerprint density at radius 1 is 1.25 bits per heavy atom. The summed E-state index contributed by atoms with van der Waals surface area (Å²) in [5.41, 5.74) is 0.691. The normalized spacial score (nSPS) is 27.1. The third-order valence-corrected chi connectivity index (χ3v) is 4.40. The minimum atomic E-state index is -0.136. The Kier molecular flexibility index (Phi) is 4.48. The molecule has 20 heavy (non-hydrogen) atoms. The highest BCUT2D eigenvalue weighted by atomic mass is 19.1. The molecule has 1 aromatic carbocycles. The Morgan fingerprint density at radius 2 is 2.05 bits per heavy atom. The van der Waals surface area contributed by atoms with Crippen molar-refractivity contribution in [2.75, 3.05) is 19.6 Å². The topological polar surface area (TPSA) is 24.1 Å². The SMILES string of the molecule is Fc1ccccc1C=CC1CC1NCC1CCNCC1. The molecule has 0 amide bonds. The molecule has 2 N–H and O–H groups in total. The molecule has 1 aliphatic carbocycles. The molecule has 0 spiro atoms. The summed E-state index contributed by atoms with van der Waals surface area (Å²) in [5, 5.41) is 7.05. The van der Waals surface area contributed by atoms with E-state index in [9.17, 15) is 4.39 Å². The van der Waals surface area contributed by atoms with Gasteiger partial charge in [-0.15, -0.1) is 0 Å². The van der Waals surface area contributed by atoms with Crippen molar-refractivity contribution in [3.63, 3.8) is 0 Å². The van der Waals surface area contributed by atoms with Crippen LogP contribution in [0.3, 0.4) is 0 Å². The van der Waals surface area contributed by atoms with E-state index in [0.29, 0.717) is 17.5 Å². The van der Waals surface area contributed by atoms with Gasteiger partial charge in [0.15, 0.2) is 0 Å². The molecule has 1 aliphatic heterocycles. The van der Waals surface area contributed by atoms with Crippen molar-refractivity contribution in [1.29, 1.82) is 0 Å². The Balaban J connectivity index is 1.42. The van der Waals surface area contributed by atoms with Gasteiger partial charge >= 0.3 is 0 Å². The molecule has 0 radical (unpaired) electrons. The van der Waals surface area contributed by atoms with E-state index in [1.54, 1.807) is 6.07 Å². The molecule has 1 saturated heterocycles. The predicted molar refractivity (Wildman–Crippen MR) is 80.9 cm³/mol. The molecular weight excluding hydrogens is 251 g/mol. The van der Waals surface area contributed by atoms with Crippen LogP contribution in [0.25, 0.3) is 6.08 Å². The first-order chi connectivity index (χ1) is 9.83. The molecule has 3 heteroatoms. The third-order valence-electron chi connectivity index (χ3n) is 4.40. The molecule has 0 aromatic heterocycles. The van der Waals surface area contributed by atoms with Crippen LogP contribution < -0.4 is 10.6 Å². The van der Waals surface area contributed by atoms with Gasteiger partial charge in [-0.05, 0) is 56.8 Å². The molecule has 1 aromatic rings. The highest BCUT2D eigenvalue weighted by molar-refractivity contribution is 5.50. The van der Waals surface area contributed by atoms with E-state index < -0.39 is 0 Å². The first kappa shape index (κ1) is 13.8. The van der Waals surface area contributed by atoms with Gasteiger partial charge in [-0.25, -0.2) is 4.39 Å². The van der Waals surface area contributed by atoms with Crippen LogP contribution in [0.4, 0.5) is 4.39 Å². The lowest BCUT2D eigenvalue weighted by molar-refractivity contribution is 0.355. The van der Waals surface area contributed by atoms with Crippen LogP contribution in [0.1, 0.15) is 24.8 Å². The molecule has 2 atom stereocenters. The van der Waals surface area contributed by atoms with Crippen LogP contribution in [0, 0.1) is 17.7 Å². The molecule has 2 fully saturated rings. The van der Waals surface area contributed by atoms with E-state index in [4.69, 9.17) is 0 Å². The second kappa shape index (κ2) is 6.51. The Morgan fingerprint density at radius 3 is 2.85 bits per heavy atom. The van der Waals surface area contributed by atoms with Crippen molar-refractivity contribution in [2.45, 2.75) is 25.3 Å². The Labute approximate surface area is 120 Å². The summed E-state index contributed by atoms with van der Waals surface area (Å²) in [6, 6.07) is 7.55. The van der Waals surface area contributed by atoms with E-state index in [2.05, 4.69) is 16.7 Å². The van der Waals surface area contributed by atoms with Gasteiger partial charge in [0.1, 0.15) is 5.82 Å². The van der Waals surface area contributed by atoms with Crippen molar-refractivity contribution in [3.05, 3.63) is 41.7 Å². The molecule has 2 unspecified atom stereocenters. The van der Waals surface area contributed by atoms with Gasteiger partial charge in [-0.3, -0.25) is 0 Å². The highest BCUT2D eigenvalue weighted by Gasteiger charge is 2.34. The molecule has 1 saturated carbocycles. The Bertz CT molecular complexity index is 466. The predicted octanol–water partition coefficient (Wildman–Crippen LogP) is 2.82. The quantitative estimate of drug-likeness (QED) is 0.863. The maximum atomic E-state index is 13.5. The highest BCUT2D eigenvalue weighted by Crippen LogP contribution is 2.32. The third kappa shape index (κ3) is 3.68. The first-order valence-electron chi connectivity index (χ1n) is 7.70.